The number of nitriles is 1. The molecule has 1 aromatic rings. The molecule has 4 heteroatoms. The monoisotopic (exact) mass is 248 g/mol. The molecule has 0 atom stereocenters. The van der Waals surface area contributed by atoms with E-state index in [9.17, 15) is 4.79 Å². The largest absolute Gasteiger partial charge is 0.351 e. The highest BCUT2D eigenvalue weighted by molar-refractivity contribution is 7.99. The van der Waals surface area contributed by atoms with Crippen LogP contribution in [0.2, 0.25) is 0 Å². The molecular weight excluding hydrogens is 232 g/mol. The molecule has 1 amide bonds. The number of amides is 1. The molecule has 3 nitrogen and oxygen atoms in total. The van der Waals surface area contributed by atoms with Gasteiger partial charge in [-0.3, -0.25) is 4.79 Å². The van der Waals surface area contributed by atoms with E-state index in [1.807, 2.05) is 12.3 Å². The maximum Gasteiger partial charge on any atom is 0.251 e. The van der Waals surface area contributed by atoms with E-state index in [0.717, 1.165) is 0 Å². The van der Waals surface area contributed by atoms with Gasteiger partial charge < -0.3 is 5.32 Å². The van der Waals surface area contributed by atoms with Gasteiger partial charge in [-0.05, 0) is 38.3 Å². The van der Waals surface area contributed by atoms with Crippen molar-refractivity contribution < 1.29 is 4.79 Å². The lowest BCUT2D eigenvalue weighted by molar-refractivity contribution is 0.0951. The highest BCUT2D eigenvalue weighted by Gasteiger charge is 2.17. The van der Waals surface area contributed by atoms with Gasteiger partial charge in [0.15, 0.2) is 0 Å². The Morgan fingerprint density at radius 3 is 2.82 bits per heavy atom. The van der Waals surface area contributed by atoms with E-state index < -0.39 is 0 Å². The first-order chi connectivity index (χ1) is 7.98. The second-order valence-electron chi connectivity index (χ2n) is 4.34. The van der Waals surface area contributed by atoms with Gasteiger partial charge in [-0.15, -0.1) is 0 Å². The van der Waals surface area contributed by atoms with Crippen LogP contribution >= 0.6 is 11.8 Å². The van der Waals surface area contributed by atoms with E-state index in [1.165, 1.54) is 0 Å². The van der Waals surface area contributed by atoms with Crippen molar-refractivity contribution in [3.63, 3.8) is 0 Å². The Labute approximate surface area is 106 Å². The van der Waals surface area contributed by atoms with Gasteiger partial charge >= 0.3 is 0 Å². The van der Waals surface area contributed by atoms with Crippen LogP contribution in [-0.2, 0) is 0 Å². The number of rotatable bonds is 4. The lowest BCUT2D eigenvalue weighted by atomic mass is 10.1. The average molecular weight is 248 g/mol. The molecule has 0 heterocycles. The van der Waals surface area contributed by atoms with E-state index in [4.69, 9.17) is 5.26 Å². The van der Waals surface area contributed by atoms with Crippen LogP contribution in [0.15, 0.2) is 24.3 Å². The zero-order valence-corrected chi connectivity index (χ0v) is 11.1. The molecule has 0 bridgehead atoms. The van der Waals surface area contributed by atoms with Gasteiger partial charge in [-0.25, -0.2) is 0 Å². The third kappa shape index (κ3) is 4.12. The second-order valence-corrected chi connectivity index (χ2v) is 5.85. The van der Waals surface area contributed by atoms with Crippen molar-refractivity contribution in [3.05, 3.63) is 35.4 Å². The number of carbonyl (C=O) groups is 1. The molecule has 0 saturated carbocycles. The topological polar surface area (TPSA) is 52.9 Å². The Morgan fingerprint density at radius 2 is 2.24 bits per heavy atom. The third-order valence-corrected chi connectivity index (χ3v) is 3.73. The van der Waals surface area contributed by atoms with E-state index in [1.54, 1.807) is 36.0 Å². The van der Waals surface area contributed by atoms with Crippen molar-refractivity contribution in [2.45, 2.75) is 18.6 Å². The number of benzene rings is 1. The van der Waals surface area contributed by atoms with Crippen LogP contribution in [0.5, 0.6) is 0 Å². The van der Waals surface area contributed by atoms with Crippen LogP contribution < -0.4 is 5.32 Å². The molecular formula is C13H16N2OS. The van der Waals surface area contributed by atoms with Crippen LogP contribution in [0.1, 0.15) is 29.8 Å². The van der Waals surface area contributed by atoms with E-state index in [-0.39, 0.29) is 10.7 Å². The lowest BCUT2D eigenvalue weighted by Gasteiger charge is -2.22. The molecule has 1 rings (SSSR count). The average Bonchev–Trinajstić information content (AvgIpc) is 2.36. The van der Waals surface area contributed by atoms with Crippen LogP contribution in [0.25, 0.3) is 0 Å². The fraction of sp³-hybridized carbons (Fsp3) is 0.385. The normalized spacial score (nSPS) is 10.7. The molecule has 0 saturated heterocycles. The molecule has 0 aliphatic rings. The number of nitrogens with zero attached hydrogens (tertiary/aromatic N) is 1. The molecule has 0 unspecified atom stereocenters. The summed E-state index contributed by atoms with van der Waals surface area (Å²) in [4.78, 5) is 11.8. The van der Waals surface area contributed by atoms with Crippen molar-refractivity contribution in [1.82, 2.24) is 5.32 Å². The van der Waals surface area contributed by atoms with Gasteiger partial charge in [0.25, 0.3) is 5.91 Å². The lowest BCUT2D eigenvalue weighted by Crippen LogP contribution is -2.36. The van der Waals surface area contributed by atoms with Gasteiger partial charge in [0, 0.05) is 16.9 Å². The van der Waals surface area contributed by atoms with E-state index >= 15 is 0 Å². The summed E-state index contributed by atoms with van der Waals surface area (Å²) < 4.78 is 0.0164. The minimum atomic E-state index is -0.135. The summed E-state index contributed by atoms with van der Waals surface area (Å²) >= 11 is 1.70. The maximum absolute atomic E-state index is 11.8. The molecule has 0 aliphatic heterocycles. The summed E-state index contributed by atoms with van der Waals surface area (Å²) in [7, 11) is 0. The molecule has 0 spiro atoms. The fourth-order valence-corrected chi connectivity index (χ4v) is 1.41. The molecule has 0 aliphatic carbocycles. The van der Waals surface area contributed by atoms with Crippen molar-refractivity contribution in [2.24, 2.45) is 0 Å². The zero-order valence-electron chi connectivity index (χ0n) is 10.3. The van der Waals surface area contributed by atoms with Gasteiger partial charge in [-0.2, -0.15) is 17.0 Å². The van der Waals surface area contributed by atoms with Crippen LogP contribution in [0.3, 0.4) is 0 Å². The van der Waals surface area contributed by atoms with E-state index in [0.29, 0.717) is 17.7 Å². The Kier molecular flexibility index (Phi) is 4.59. The Balaban J connectivity index is 2.68. The quantitative estimate of drug-likeness (QED) is 0.890. The number of nitrogens with one attached hydrogen (secondary N) is 1. The Hall–Kier alpha value is -1.47. The summed E-state index contributed by atoms with van der Waals surface area (Å²) in [5.74, 6) is -0.135. The summed E-state index contributed by atoms with van der Waals surface area (Å²) in [6, 6.07) is 8.73. The smallest absolute Gasteiger partial charge is 0.251 e. The zero-order chi connectivity index (χ0) is 12.9. The first-order valence-corrected chi connectivity index (χ1v) is 6.54. The summed E-state index contributed by atoms with van der Waals surface area (Å²) in [5.41, 5.74) is 1.03. The molecule has 0 aromatic heterocycles. The molecule has 0 radical (unpaired) electrons. The first-order valence-electron chi connectivity index (χ1n) is 5.32. The Morgan fingerprint density at radius 1 is 1.53 bits per heavy atom. The minimum absolute atomic E-state index is 0.0164. The highest BCUT2D eigenvalue weighted by Crippen LogP contribution is 2.19. The number of thioether (sulfide) groups is 1. The number of carbonyl (C=O) groups excluding carboxylic acids is 1. The molecule has 1 N–H and O–H groups in total. The van der Waals surface area contributed by atoms with Crippen molar-refractivity contribution in [3.8, 4) is 6.07 Å². The predicted octanol–water partition coefficient (Wildman–Crippen LogP) is 2.43. The van der Waals surface area contributed by atoms with Crippen LogP contribution in [0, 0.1) is 11.3 Å². The van der Waals surface area contributed by atoms with Crippen LogP contribution in [0.4, 0.5) is 0 Å². The first kappa shape index (κ1) is 13.6. The number of hydrogen-bond donors (Lipinski definition) is 1. The van der Waals surface area contributed by atoms with Gasteiger partial charge in [0.1, 0.15) is 0 Å². The molecule has 17 heavy (non-hydrogen) atoms. The summed E-state index contributed by atoms with van der Waals surface area (Å²) in [6.45, 7) is 4.75. The molecule has 1 aromatic carbocycles. The number of hydrogen-bond acceptors (Lipinski definition) is 3. The predicted molar refractivity (Wildman–Crippen MR) is 71.1 cm³/mol. The molecule has 90 valence electrons. The van der Waals surface area contributed by atoms with Gasteiger partial charge in [0.05, 0.1) is 11.6 Å². The Bertz CT molecular complexity index is 449. The highest BCUT2D eigenvalue weighted by atomic mass is 32.2. The minimum Gasteiger partial charge on any atom is -0.351 e. The van der Waals surface area contributed by atoms with Crippen molar-refractivity contribution in [2.75, 3.05) is 12.8 Å². The maximum atomic E-state index is 11.8. The van der Waals surface area contributed by atoms with Crippen LogP contribution in [-0.4, -0.2) is 23.5 Å². The summed E-state index contributed by atoms with van der Waals surface area (Å²) in [6.07, 6.45) is 2.02. The second kappa shape index (κ2) is 5.74. The van der Waals surface area contributed by atoms with Gasteiger partial charge in [-0.1, -0.05) is 6.07 Å². The SMILES string of the molecule is CSC(C)(C)CNC(=O)c1cccc(C#N)c1. The molecule has 0 fully saturated rings. The van der Waals surface area contributed by atoms with Crippen molar-refractivity contribution in [1.29, 1.82) is 5.26 Å². The van der Waals surface area contributed by atoms with Crippen molar-refractivity contribution >= 4 is 17.7 Å². The fourth-order valence-electron chi connectivity index (χ4n) is 1.20. The van der Waals surface area contributed by atoms with E-state index in [2.05, 4.69) is 19.2 Å². The summed E-state index contributed by atoms with van der Waals surface area (Å²) in [5, 5.41) is 11.6. The third-order valence-electron chi connectivity index (χ3n) is 2.48. The standard InChI is InChI=1S/C13H16N2OS/c1-13(2,17-3)9-15-12(16)11-6-4-5-10(7-11)8-14/h4-7H,9H2,1-3H3,(H,15,16). The van der Waals surface area contributed by atoms with Gasteiger partial charge in [0.2, 0.25) is 0 Å².